The van der Waals surface area contributed by atoms with Crippen molar-refractivity contribution >= 4 is 0 Å². The van der Waals surface area contributed by atoms with Gasteiger partial charge in [-0.25, -0.2) is 0 Å². The maximum Gasteiger partial charge on any atom is 0.186 e. The normalized spacial score (nSPS) is 33.0. The largest absolute Gasteiger partial charge is 0.508 e. The minimum atomic E-state index is -1.44. The molecular weight excluding hydrogens is 280 g/mol. The molecule has 1 heterocycles. The van der Waals surface area contributed by atoms with Crippen LogP contribution in [0.5, 0.6) is 5.75 Å². The van der Waals surface area contributed by atoms with Crippen molar-refractivity contribution in [3.63, 3.8) is 0 Å². The molecule has 118 valence electrons. The molecule has 1 unspecified atom stereocenters. The van der Waals surface area contributed by atoms with Gasteiger partial charge in [0, 0.05) is 0 Å². The third-order valence-corrected chi connectivity index (χ3v) is 3.46. The highest BCUT2D eigenvalue weighted by Gasteiger charge is 2.43. The number of aliphatic hydroxyl groups excluding tert-OH is 4. The molecule has 1 saturated heterocycles. The molecule has 0 aromatic heterocycles. The van der Waals surface area contributed by atoms with E-state index in [1.165, 1.54) is 0 Å². The summed E-state index contributed by atoms with van der Waals surface area (Å²) in [5.74, 6) is 0.175. The van der Waals surface area contributed by atoms with E-state index in [9.17, 15) is 20.4 Å². The molecule has 2 rings (SSSR count). The van der Waals surface area contributed by atoms with Gasteiger partial charge in [0.25, 0.3) is 0 Å². The van der Waals surface area contributed by atoms with Crippen LogP contribution >= 0.6 is 0 Å². The van der Waals surface area contributed by atoms with Gasteiger partial charge in [-0.3, -0.25) is 0 Å². The highest BCUT2D eigenvalue weighted by atomic mass is 16.7. The summed E-state index contributed by atoms with van der Waals surface area (Å²) in [6.07, 6.45) is -5.77. The molecule has 7 nitrogen and oxygen atoms in total. The summed E-state index contributed by atoms with van der Waals surface area (Å²) in [5, 5.41) is 47.3. The van der Waals surface area contributed by atoms with Crippen LogP contribution in [-0.2, 0) is 15.9 Å². The molecule has 0 amide bonds. The Morgan fingerprint density at radius 3 is 2.29 bits per heavy atom. The summed E-state index contributed by atoms with van der Waals surface area (Å²) in [6, 6.07) is 6.60. The van der Waals surface area contributed by atoms with Crippen molar-refractivity contribution in [3.05, 3.63) is 29.8 Å². The molecule has 0 bridgehead atoms. The van der Waals surface area contributed by atoms with Crippen molar-refractivity contribution < 1.29 is 35.0 Å². The van der Waals surface area contributed by atoms with Gasteiger partial charge in [-0.05, 0) is 24.1 Å². The van der Waals surface area contributed by atoms with E-state index in [0.29, 0.717) is 6.42 Å². The van der Waals surface area contributed by atoms with Crippen LogP contribution in [0.25, 0.3) is 0 Å². The fourth-order valence-electron chi connectivity index (χ4n) is 2.16. The number of hydrogen-bond acceptors (Lipinski definition) is 7. The predicted molar refractivity (Wildman–Crippen MR) is 71.5 cm³/mol. The van der Waals surface area contributed by atoms with Crippen molar-refractivity contribution in [2.45, 2.75) is 37.1 Å². The highest BCUT2D eigenvalue weighted by Crippen LogP contribution is 2.22. The summed E-state index contributed by atoms with van der Waals surface area (Å²) in [4.78, 5) is 0. The van der Waals surface area contributed by atoms with Gasteiger partial charge in [0.05, 0.1) is 13.2 Å². The molecule has 0 spiro atoms. The van der Waals surface area contributed by atoms with Crippen molar-refractivity contribution in [1.82, 2.24) is 0 Å². The Labute approximate surface area is 122 Å². The predicted octanol–water partition coefficient (Wildman–Crippen LogP) is -1.25. The van der Waals surface area contributed by atoms with E-state index in [-0.39, 0.29) is 12.4 Å². The molecule has 1 aromatic rings. The van der Waals surface area contributed by atoms with Crippen molar-refractivity contribution in [1.29, 1.82) is 0 Å². The van der Waals surface area contributed by atoms with Gasteiger partial charge < -0.3 is 35.0 Å². The van der Waals surface area contributed by atoms with Gasteiger partial charge in [-0.15, -0.1) is 0 Å². The van der Waals surface area contributed by atoms with Gasteiger partial charge in [0.15, 0.2) is 6.29 Å². The van der Waals surface area contributed by atoms with Gasteiger partial charge in [-0.1, -0.05) is 12.1 Å². The zero-order chi connectivity index (χ0) is 15.4. The van der Waals surface area contributed by atoms with Crippen molar-refractivity contribution in [2.75, 3.05) is 13.2 Å². The Bertz CT molecular complexity index is 433. The summed E-state index contributed by atoms with van der Waals surface area (Å²) >= 11 is 0. The second-order valence-corrected chi connectivity index (χ2v) is 4.98. The Kier molecular flexibility index (Phi) is 5.51. The molecule has 5 N–H and O–H groups in total. The van der Waals surface area contributed by atoms with E-state index >= 15 is 0 Å². The average molecular weight is 300 g/mol. The summed E-state index contributed by atoms with van der Waals surface area (Å²) in [7, 11) is 0. The van der Waals surface area contributed by atoms with E-state index in [0.717, 1.165) is 5.56 Å². The highest BCUT2D eigenvalue weighted by molar-refractivity contribution is 5.25. The molecule has 7 heteroatoms. The third-order valence-electron chi connectivity index (χ3n) is 3.46. The molecular formula is C14H20O7. The van der Waals surface area contributed by atoms with Gasteiger partial charge in [0.1, 0.15) is 30.2 Å². The van der Waals surface area contributed by atoms with Crippen LogP contribution in [0.15, 0.2) is 24.3 Å². The smallest absolute Gasteiger partial charge is 0.186 e. The lowest BCUT2D eigenvalue weighted by Gasteiger charge is -2.39. The van der Waals surface area contributed by atoms with E-state index in [4.69, 9.17) is 14.6 Å². The lowest BCUT2D eigenvalue weighted by molar-refractivity contribution is -0.300. The molecule has 0 saturated carbocycles. The quantitative estimate of drug-likeness (QED) is 0.461. The number of phenols is 1. The van der Waals surface area contributed by atoms with Crippen LogP contribution in [0.4, 0.5) is 0 Å². The number of rotatable bonds is 5. The topological polar surface area (TPSA) is 120 Å². The summed E-state index contributed by atoms with van der Waals surface area (Å²) in [5.41, 5.74) is 0.928. The van der Waals surface area contributed by atoms with Crippen LogP contribution in [0.3, 0.4) is 0 Å². The molecule has 5 atom stereocenters. The Balaban J connectivity index is 1.85. The van der Waals surface area contributed by atoms with Crippen LogP contribution in [0.1, 0.15) is 5.56 Å². The number of phenolic OH excluding ortho intramolecular Hbond substituents is 1. The first-order valence-corrected chi connectivity index (χ1v) is 6.73. The van der Waals surface area contributed by atoms with E-state index < -0.39 is 37.3 Å². The number of aliphatic hydroxyl groups is 4. The molecule has 0 radical (unpaired) electrons. The number of hydrogen-bond donors (Lipinski definition) is 5. The van der Waals surface area contributed by atoms with Gasteiger partial charge in [0.2, 0.25) is 0 Å². The number of ether oxygens (including phenoxy) is 2. The molecule has 1 fully saturated rings. The Hall–Kier alpha value is -1.22. The second-order valence-electron chi connectivity index (χ2n) is 4.98. The zero-order valence-corrected chi connectivity index (χ0v) is 11.4. The minimum absolute atomic E-state index is 0.175. The fraction of sp³-hybridized carbons (Fsp3) is 0.571. The van der Waals surface area contributed by atoms with Crippen molar-refractivity contribution in [2.24, 2.45) is 0 Å². The lowest BCUT2D eigenvalue weighted by Crippen LogP contribution is -2.59. The molecule has 0 aliphatic carbocycles. The summed E-state index contributed by atoms with van der Waals surface area (Å²) < 4.78 is 10.6. The third kappa shape index (κ3) is 3.91. The molecule has 1 aromatic carbocycles. The number of benzene rings is 1. The van der Waals surface area contributed by atoms with Crippen molar-refractivity contribution in [3.8, 4) is 5.75 Å². The number of aromatic hydroxyl groups is 1. The Morgan fingerprint density at radius 2 is 1.67 bits per heavy atom. The maximum absolute atomic E-state index is 9.78. The first kappa shape index (κ1) is 16.2. The minimum Gasteiger partial charge on any atom is -0.508 e. The van der Waals surface area contributed by atoms with Crippen LogP contribution in [-0.4, -0.2) is 69.5 Å². The first-order chi connectivity index (χ1) is 10.0. The summed E-state index contributed by atoms with van der Waals surface area (Å²) in [6.45, 7) is -0.268. The molecule has 21 heavy (non-hydrogen) atoms. The van der Waals surface area contributed by atoms with E-state index in [1.54, 1.807) is 24.3 Å². The Morgan fingerprint density at radius 1 is 1.00 bits per heavy atom. The lowest BCUT2D eigenvalue weighted by atomic mass is 9.99. The first-order valence-electron chi connectivity index (χ1n) is 6.73. The molecule has 1 aliphatic heterocycles. The van der Waals surface area contributed by atoms with E-state index in [2.05, 4.69) is 0 Å². The van der Waals surface area contributed by atoms with Crippen LogP contribution in [0, 0.1) is 0 Å². The van der Waals surface area contributed by atoms with Gasteiger partial charge >= 0.3 is 0 Å². The standard InChI is InChI=1S/C14H20O7/c15-7-10-11(17)12(18)13(19)14(21-10)20-6-5-8-1-3-9(16)4-2-8/h1-4,10-19H,5-7H2/t10-,11-,12+,13?,14-/m1/s1. The van der Waals surface area contributed by atoms with Crippen LogP contribution < -0.4 is 0 Å². The maximum atomic E-state index is 9.78. The van der Waals surface area contributed by atoms with E-state index in [1.807, 2.05) is 0 Å². The average Bonchev–Trinajstić information content (AvgIpc) is 2.49. The van der Waals surface area contributed by atoms with Crippen LogP contribution in [0.2, 0.25) is 0 Å². The second kappa shape index (κ2) is 7.17. The fourth-order valence-corrected chi connectivity index (χ4v) is 2.16. The SMILES string of the molecule is OC[C@H]1O[C@@H](OCCc2ccc(O)cc2)C(O)[C@@H](O)[C@@H]1O. The zero-order valence-electron chi connectivity index (χ0n) is 11.4. The van der Waals surface area contributed by atoms with Gasteiger partial charge in [-0.2, -0.15) is 0 Å². The monoisotopic (exact) mass is 300 g/mol. The molecule has 1 aliphatic rings.